The van der Waals surface area contributed by atoms with Crippen LogP contribution in [-0.4, -0.2) is 5.97 Å². The van der Waals surface area contributed by atoms with Crippen LogP contribution in [0, 0.1) is 11.6 Å². The van der Waals surface area contributed by atoms with Gasteiger partial charge in [-0.3, -0.25) is 0 Å². The normalized spacial score (nSPS) is 9.83. The number of halogens is 2. The van der Waals surface area contributed by atoms with E-state index in [-0.39, 0.29) is 5.56 Å². The minimum Gasteiger partial charge on any atom is -0.247 e. The number of hydrogen-bond donors (Lipinski definition) is 0. The van der Waals surface area contributed by atoms with Crippen molar-refractivity contribution >= 4 is 5.97 Å². The Morgan fingerprint density at radius 1 is 1.33 bits per heavy atom. The SMILES string of the molecule is [O]C(=O)Cc1cc(F)ccc1F. The molecule has 0 N–H and O–H groups in total. The highest BCUT2D eigenvalue weighted by Crippen LogP contribution is 2.09. The molecule has 0 aliphatic carbocycles. The lowest BCUT2D eigenvalue weighted by Crippen LogP contribution is -2.01. The van der Waals surface area contributed by atoms with Crippen LogP contribution in [-0.2, 0) is 16.3 Å². The van der Waals surface area contributed by atoms with Gasteiger partial charge in [0.15, 0.2) is 0 Å². The Bertz CT molecular complexity index is 310. The van der Waals surface area contributed by atoms with Gasteiger partial charge in [0.05, 0.1) is 6.42 Å². The van der Waals surface area contributed by atoms with Gasteiger partial charge in [-0.05, 0) is 18.2 Å². The van der Waals surface area contributed by atoms with Gasteiger partial charge in [0, 0.05) is 5.56 Å². The van der Waals surface area contributed by atoms with E-state index in [9.17, 15) is 18.7 Å². The molecule has 0 saturated carbocycles. The fourth-order valence-electron chi connectivity index (χ4n) is 0.834. The second-order valence-corrected chi connectivity index (χ2v) is 2.28. The topological polar surface area (TPSA) is 37.0 Å². The van der Waals surface area contributed by atoms with Crippen LogP contribution >= 0.6 is 0 Å². The predicted octanol–water partition coefficient (Wildman–Crippen LogP) is 1.46. The smallest absolute Gasteiger partial charge is 0.247 e. The molecule has 0 spiro atoms. The van der Waals surface area contributed by atoms with Gasteiger partial charge < -0.3 is 0 Å². The Labute approximate surface area is 67.4 Å². The number of carbonyl (C=O) groups excluding carboxylic acids is 1. The van der Waals surface area contributed by atoms with Gasteiger partial charge in [0.25, 0.3) is 0 Å². The molecule has 0 atom stereocenters. The average Bonchev–Trinajstić information content (AvgIpc) is 1.96. The van der Waals surface area contributed by atoms with Gasteiger partial charge in [-0.2, -0.15) is 0 Å². The van der Waals surface area contributed by atoms with E-state index in [1.165, 1.54) is 0 Å². The Morgan fingerprint density at radius 2 is 2.00 bits per heavy atom. The molecule has 0 aliphatic rings. The largest absolute Gasteiger partial charge is 0.360 e. The molecule has 1 rings (SSSR count). The zero-order valence-corrected chi connectivity index (χ0v) is 6.01. The second kappa shape index (κ2) is 3.30. The van der Waals surface area contributed by atoms with Crippen molar-refractivity contribution in [3.05, 3.63) is 35.4 Å². The summed E-state index contributed by atoms with van der Waals surface area (Å²) in [6.07, 6.45) is -0.608. The second-order valence-electron chi connectivity index (χ2n) is 2.28. The van der Waals surface area contributed by atoms with Crippen LogP contribution < -0.4 is 0 Å². The molecule has 12 heavy (non-hydrogen) atoms. The summed E-state index contributed by atoms with van der Waals surface area (Å²) in [6, 6.07) is 2.65. The summed E-state index contributed by atoms with van der Waals surface area (Å²) in [5, 5.41) is 10.0. The molecule has 2 nitrogen and oxygen atoms in total. The van der Waals surface area contributed by atoms with Crippen molar-refractivity contribution in [1.29, 1.82) is 0 Å². The third-order valence-corrected chi connectivity index (χ3v) is 1.34. The molecule has 63 valence electrons. The molecule has 0 saturated heterocycles. The summed E-state index contributed by atoms with van der Waals surface area (Å²) >= 11 is 0. The first-order valence-corrected chi connectivity index (χ1v) is 3.23. The summed E-state index contributed by atoms with van der Waals surface area (Å²) in [5.74, 6) is -2.83. The standard InChI is InChI=1S/C8H5F2O2/c9-6-1-2-7(10)5(3-6)4-8(11)12/h1-3H,4H2. The number of hydrogen-bond acceptors (Lipinski definition) is 1. The highest BCUT2D eigenvalue weighted by Gasteiger charge is 2.08. The van der Waals surface area contributed by atoms with E-state index in [1.54, 1.807) is 0 Å². The van der Waals surface area contributed by atoms with Gasteiger partial charge in [-0.1, -0.05) is 0 Å². The summed E-state index contributed by atoms with van der Waals surface area (Å²) < 4.78 is 25.1. The van der Waals surface area contributed by atoms with Gasteiger partial charge in [0.1, 0.15) is 11.6 Å². The molecule has 4 heteroatoms. The zero-order chi connectivity index (χ0) is 9.14. The van der Waals surface area contributed by atoms with Crippen LogP contribution in [0.15, 0.2) is 18.2 Å². The van der Waals surface area contributed by atoms with Crippen molar-refractivity contribution in [1.82, 2.24) is 0 Å². The van der Waals surface area contributed by atoms with Crippen LogP contribution in [0.5, 0.6) is 0 Å². The molecule has 1 aromatic rings. The number of benzene rings is 1. The summed E-state index contributed by atoms with van der Waals surface area (Å²) in [7, 11) is 0. The van der Waals surface area contributed by atoms with E-state index in [4.69, 9.17) is 0 Å². The van der Waals surface area contributed by atoms with Crippen molar-refractivity contribution < 1.29 is 18.7 Å². The molecule has 1 radical (unpaired) electrons. The van der Waals surface area contributed by atoms with Gasteiger partial charge in [0.2, 0.25) is 0 Å². The van der Waals surface area contributed by atoms with E-state index in [0.29, 0.717) is 0 Å². The van der Waals surface area contributed by atoms with E-state index < -0.39 is 24.0 Å². The maximum atomic E-state index is 12.7. The number of rotatable bonds is 2. The van der Waals surface area contributed by atoms with Crippen LogP contribution in [0.4, 0.5) is 8.78 Å². The van der Waals surface area contributed by atoms with Crippen molar-refractivity contribution in [2.75, 3.05) is 0 Å². The molecular weight excluding hydrogens is 166 g/mol. The predicted molar refractivity (Wildman–Crippen MR) is 35.8 cm³/mol. The molecule has 0 aromatic heterocycles. The molecular formula is C8H5F2O2. The lowest BCUT2D eigenvalue weighted by molar-refractivity contribution is -0.142. The Balaban J connectivity index is 2.97. The summed E-state index contributed by atoms with van der Waals surface area (Å²) in [4.78, 5) is 10.0. The lowest BCUT2D eigenvalue weighted by atomic mass is 10.1. The van der Waals surface area contributed by atoms with Gasteiger partial charge in [-0.25, -0.2) is 18.7 Å². The molecule has 0 bridgehead atoms. The minimum absolute atomic E-state index is 0.199. The highest BCUT2D eigenvalue weighted by molar-refractivity contribution is 5.69. The molecule has 0 heterocycles. The minimum atomic E-state index is -1.43. The fraction of sp³-hybridized carbons (Fsp3) is 0.125. The first-order valence-electron chi connectivity index (χ1n) is 3.23. The molecule has 0 aliphatic heterocycles. The Kier molecular flexibility index (Phi) is 2.38. The average molecular weight is 171 g/mol. The van der Waals surface area contributed by atoms with E-state index in [2.05, 4.69) is 0 Å². The quantitative estimate of drug-likeness (QED) is 0.663. The highest BCUT2D eigenvalue weighted by atomic mass is 19.1. The maximum absolute atomic E-state index is 12.7. The first-order chi connectivity index (χ1) is 5.59. The van der Waals surface area contributed by atoms with Crippen molar-refractivity contribution in [2.45, 2.75) is 6.42 Å². The Morgan fingerprint density at radius 3 is 2.58 bits per heavy atom. The lowest BCUT2D eigenvalue weighted by Gasteiger charge is -1.97. The fourth-order valence-corrected chi connectivity index (χ4v) is 0.834. The van der Waals surface area contributed by atoms with E-state index >= 15 is 0 Å². The van der Waals surface area contributed by atoms with Crippen molar-refractivity contribution in [3.63, 3.8) is 0 Å². The van der Waals surface area contributed by atoms with Crippen molar-refractivity contribution in [3.8, 4) is 0 Å². The van der Waals surface area contributed by atoms with E-state index in [0.717, 1.165) is 18.2 Å². The van der Waals surface area contributed by atoms with Crippen LogP contribution in [0.3, 0.4) is 0 Å². The Hall–Kier alpha value is -1.45. The van der Waals surface area contributed by atoms with E-state index in [1.807, 2.05) is 0 Å². The van der Waals surface area contributed by atoms with Crippen LogP contribution in [0.25, 0.3) is 0 Å². The molecule has 0 unspecified atom stereocenters. The molecule has 0 amide bonds. The monoisotopic (exact) mass is 171 g/mol. The zero-order valence-electron chi connectivity index (χ0n) is 6.01. The third-order valence-electron chi connectivity index (χ3n) is 1.34. The summed E-state index contributed by atoms with van der Waals surface area (Å²) in [6.45, 7) is 0. The van der Waals surface area contributed by atoms with Crippen molar-refractivity contribution in [2.24, 2.45) is 0 Å². The summed E-state index contributed by atoms with van der Waals surface area (Å²) in [5.41, 5.74) is -0.199. The molecule has 1 aromatic carbocycles. The van der Waals surface area contributed by atoms with Crippen LogP contribution in [0.2, 0.25) is 0 Å². The maximum Gasteiger partial charge on any atom is 0.360 e. The van der Waals surface area contributed by atoms with Gasteiger partial charge >= 0.3 is 5.97 Å². The number of carbonyl (C=O) groups is 1. The van der Waals surface area contributed by atoms with Gasteiger partial charge in [-0.15, -0.1) is 0 Å². The first kappa shape index (κ1) is 8.64. The van der Waals surface area contributed by atoms with Crippen LogP contribution in [0.1, 0.15) is 5.56 Å². The third kappa shape index (κ3) is 2.02. The molecule has 0 fully saturated rings.